The maximum atomic E-state index is 15.9. The molecule has 0 spiro atoms. The number of nitrogens with one attached hydrogen (secondary N) is 1. The third kappa shape index (κ3) is 7.18. The van der Waals surface area contributed by atoms with Gasteiger partial charge in [0, 0.05) is 0 Å². The fraction of sp³-hybridized carbons (Fsp3) is 0.343. The zero-order valence-corrected chi connectivity index (χ0v) is 28.9. The number of ether oxygens (including phenoxy) is 3. The molecule has 13 nitrogen and oxygen atoms in total. The van der Waals surface area contributed by atoms with E-state index in [4.69, 9.17) is 32.9 Å². The third-order valence-corrected chi connectivity index (χ3v) is 10.6. The molecule has 0 saturated carbocycles. The van der Waals surface area contributed by atoms with Crippen molar-refractivity contribution in [1.29, 1.82) is 0 Å². The average Bonchev–Trinajstić information content (AvgIpc) is 3.39. The minimum atomic E-state index is -4.58. The smallest absolute Gasteiger partial charge is 0.497 e. The zero-order valence-electron chi connectivity index (χ0n) is 27.9. The van der Waals surface area contributed by atoms with Gasteiger partial charge in [-0.3, -0.25) is 0 Å². The first-order chi connectivity index (χ1) is 24.4. The SMILES string of the molecule is COc1ccc(C(Nc2ccn([C@@H]3O[C@@H]4CO[PH](O)(OCC[C@@H](C)C(=O)O)O[C@H]4C3(F)F)c(=O)n2)(c2ccccc2)c2ccc(OC)cc2)cc1. The van der Waals surface area contributed by atoms with Gasteiger partial charge in [0.15, 0.2) is 0 Å². The van der Waals surface area contributed by atoms with Crippen molar-refractivity contribution in [2.24, 2.45) is 5.92 Å². The zero-order chi connectivity index (χ0) is 36.4. The first-order valence-electron chi connectivity index (χ1n) is 16.1. The molecule has 3 N–H and O–H groups in total. The molecule has 1 aromatic heterocycles. The van der Waals surface area contributed by atoms with Crippen molar-refractivity contribution in [3.63, 3.8) is 0 Å². The van der Waals surface area contributed by atoms with E-state index in [1.165, 1.54) is 13.0 Å². The molecule has 0 radical (unpaired) electrons. The Labute approximate surface area is 292 Å². The molecule has 2 fully saturated rings. The molecule has 2 aliphatic rings. The van der Waals surface area contributed by atoms with Gasteiger partial charge in [-0.05, 0) is 24.3 Å². The normalized spacial score (nSPS) is 22.0. The fourth-order valence-corrected chi connectivity index (χ4v) is 7.73. The van der Waals surface area contributed by atoms with Gasteiger partial charge in [0.2, 0.25) is 0 Å². The number of carbonyl (C=O) groups is 1. The summed E-state index contributed by atoms with van der Waals surface area (Å²) < 4.78 is 64.7. The number of halogens is 2. The van der Waals surface area contributed by atoms with Crippen molar-refractivity contribution >= 4 is 20.0 Å². The second kappa shape index (κ2) is 14.6. The first-order valence-corrected chi connectivity index (χ1v) is 17.7. The summed E-state index contributed by atoms with van der Waals surface area (Å²) in [6.07, 6.45) is -4.36. The van der Waals surface area contributed by atoms with Gasteiger partial charge in [-0.25, -0.2) is 0 Å². The molecular weight excluding hydrogens is 691 g/mol. The van der Waals surface area contributed by atoms with Crippen LogP contribution in [0, 0.1) is 5.92 Å². The van der Waals surface area contributed by atoms with Crippen molar-refractivity contribution in [2.75, 3.05) is 32.8 Å². The van der Waals surface area contributed by atoms with E-state index in [1.807, 2.05) is 54.6 Å². The molecule has 3 heterocycles. The molecule has 6 rings (SSSR count). The van der Waals surface area contributed by atoms with Gasteiger partial charge in [-0.1, -0.05) is 18.2 Å². The van der Waals surface area contributed by atoms with E-state index in [2.05, 4.69) is 10.3 Å². The Morgan fingerprint density at radius 3 is 2.16 bits per heavy atom. The van der Waals surface area contributed by atoms with Gasteiger partial charge in [0.25, 0.3) is 0 Å². The van der Waals surface area contributed by atoms with Crippen LogP contribution in [0.5, 0.6) is 11.5 Å². The molecule has 0 unspecified atom stereocenters. The summed E-state index contributed by atoms with van der Waals surface area (Å²) in [4.78, 5) is 39.6. The van der Waals surface area contributed by atoms with Crippen molar-refractivity contribution in [3.8, 4) is 11.5 Å². The Balaban J connectivity index is 1.32. The number of rotatable bonds is 13. The van der Waals surface area contributed by atoms with Crippen LogP contribution in [0.25, 0.3) is 0 Å². The molecule has 51 heavy (non-hydrogen) atoms. The van der Waals surface area contributed by atoms with Gasteiger partial charge < -0.3 is 9.47 Å². The van der Waals surface area contributed by atoms with Gasteiger partial charge in [-0.15, -0.1) is 0 Å². The predicted octanol–water partition coefficient (Wildman–Crippen LogP) is 5.14. The summed E-state index contributed by atoms with van der Waals surface area (Å²) in [5.41, 5.74) is 0.121. The summed E-state index contributed by atoms with van der Waals surface area (Å²) in [5, 5.41) is 12.5. The van der Waals surface area contributed by atoms with Crippen LogP contribution in [-0.4, -0.2) is 71.1 Å². The third-order valence-electron chi connectivity index (χ3n) is 8.96. The number of alkyl halides is 2. The minimum Gasteiger partial charge on any atom is -0.497 e. The first kappa shape index (κ1) is 36.3. The Bertz CT molecular complexity index is 1840. The number of methoxy groups -OCH3 is 2. The summed E-state index contributed by atoms with van der Waals surface area (Å²) in [5.74, 6) is -4.37. The van der Waals surface area contributed by atoms with E-state index >= 15 is 8.78 Å². The number of aliphatic carboxylic acids is 1. The number of hydrogen-bond acceptors (Lipinski definition) is 11. The average molecular weight is 730 g/mol. The van der Waals surface area contributed by atoms with Crippen LogP contribution in [0.15, 0.2) is 95.9 Å². The second-order valence-electron chi connectivity index (χ2n) is 12.2. The number of nitrogens with zero attached hydrogens (tertiary/aromatic N) is 2. The molecule has 3 aromatic carbocycles. The number of carboxylic acids is 1. The number of aromatic nitrogens is 2. The van der Waals surface area contributed by atoms with Crippen molar-refractivity contribution in [1.82, 2.24) is 9.55 Å². The maximum absolute atomic E-state index is 15.9. The van der Waals surface area contributed by atoms with E-state index in [9.17, 15) is 14.5 Å². The summed E-state index contributed by atoms with van der Waals surface area (Å²) in [7, 11) is -1.46. The van der Waals surface area contributed by atoms with Crippen LogP contribution >= 0.6 is 8.17 Å². The topological polar surface area (TPSA) is 160 Å². The Hall–Kier alpha value is -4.50. The van der Waals surface area contributed by atoms with Crippen LogP contribution in [0.4, 0.5) is 14.6 Å². The van der Waals surface area contributed by atoms with E-state index in [0.717, 1.165) is 22.9 Å². The molecule has 16 heteroatoms. The van der Waals surface area contributed by atoms with Crippen LogP contribution in [0.2, 0.25) is 0 Å². The van der Waals surface area contributed by atoms with E-state index < -0.39 is 62.3 Å². The Morgan fingerprint density at radius 1 is 1.02 bits per heavy atom. The molecule has 0 bridgehead atoms. The predicted molar refractivity (Wildman–Crippen MR) is 182 cm³/mol. The molecule has 0 aliphatic carbocycles. The minimum absolute atomic E-state index is 0.00902. The molecule has 4 atom stereocenters. The second-order valence-corrected chi connectivity index (χ2v) is 14.0. The molecular formula is C35H38F2N3O10P. The number of benzene rings is 3. The van der Waals surface area contributed by atoms with E-state index in [1.54, 1.807) is 38.5 Å². The van der Waals surface area contributed by atoms with Crippen LogP contribution in [0.1, 0.15) is 36.3 Å². The number of carboxylic acid groups (broad SMARTS) is 1. The Morgan fingerprint density at radius 2 is 1.61 bits per heavy atom. The van der Waals surface area contributed by atoms with Crippen molar-refractivity contribution in [3.05, 3.63) is 118 Å². The molecule has 272 valence electrons. The van der Waals surface area contributed by atoms with Crippen molar-refractivity contribution < 1.29 is 51.4 Å². The van der Waals surface area contributed by atoms with Crippen LogP contribution in [0.3, 0.4) is 0 Å². The van der Waals surface area contributed by atoms with E-state index in [0.29, 0.717) is 16.1 Å². The Kier molecular flexibility index (Phi) is 10.4. The molecule has 0 amide bonds. The molecule has 4 aromatic rings. The number of anilines is 1. The van der Waals surface area contributed by atoms with E-state index in [-0.39, 0.29) is 18.8 Å². The van der Waals surface area contributed by atoms with Crippen LogP contribution in [-0.2, 0) is 28.6 Å². The molecule has 2 aliphatic heterocycles. The molecule has 2 saturated heterocycles. The van der Waals surface area contributed by atoms with Crippen LogP contribution < -0.4 is 20.5 Å². The monoisotopic (exact) mass is 729 g/mol. The van der Waals surface area contributed by atoms with Gasteiger partial charge in [0.05, 0.1) is 14.2 Å². The quantitative estimate of drug-likeness (QED) is 0.123. The standard InChI is InChI=1S/C35H38F2N3O10P/c1-22(31(41)42)18-20-47-51(44)48-21-28-30(50-51)35(36,37)32(49-28)40-19-17-29(38-33(40)43)39-34(23-7-5-4-6-8-23,24-9-13-26(45-2)14-10-24)25-11-15-27(46-3)16-12-25/h4-17,19,22,28,30,32,44,51H,18,20-21H2,1-3H3,(H,41,42)(H,38,39,43)/t22-,28-,30-,32-/m1/s1. The van der Waals surface area contributed by atoms with Gasteiger partial charge in [-0.2, -0.15) is 0 Å². The fourth-order valence-electron chi connectivity index (χ4n) is 6.13. The van der Waals surface area contributed by atoms with Crippen molar-refractivity contribution in [2.45, 2.75) is 43.2 Å². The number of hydrogen-bond donors (Lipinski definition) is 3. The summed E-state index contributed by atoms with van der Waals surface area (Å²) >= 11 is 0. The number of fused-ring (bicyclic) bond motifs is 1. The summed E-state index contributed by atoms with van der Waals surface area (Å²) in [6.45, 7) is 0.643. The summed E-state index contributed by atoms with van der Waals surface area (Å²) in [6, 6.07) is 25.6. The van der Waals surface area contributed by atoms with Gasteiger partial charge >= 0.3 is 215 Å². The van der Waals surface area contributed by atoms with Gasteiger partial charge in [0.1, 0.15) is 11.5 Å².